The molecule has 0 bridgehead atoms. The molecule has 81 valence electrons. The van der Waals surface area contributed by atoms with Gasteiger partial charge in [-0.05, 0) is 58.0 Å². The van der Waals surface area contributed by atoms with E-state index in [9.17, 15) is 0 Å². The second-order valence-electron chi connectivity index (χ2n) is 4.59. The van der Waals surface area contributed by atoms with Crippen LogP contribution in [-0.2, 0) is 4.74 Å². The van der Waals surface area contributed by atoms with Crippen LogP contribution in [0.3, 0.4) is 0 Å². The fourth-order valence-electron chi connectivity index (χ4n) is 2.67. The van der Waals surface area contributed by atoms with Gasteiger partial charge in [-0.25, -0.2) is 0 Å². The van der Waals surface area contributed by atoms with Crippen molar-refractivity contribution in [1.82, 2.24) is 4.90 Å². The van der Waals surface area contributed by atoms with E-state index in [1.54, 1.807) is 0 Å². The Bertz CT molecular complexity index is 142. The molecule has 2 rings (SSSR count). The van der Waals surface area contributed by atoms with E-state index in [1.165, 1.54) is 38.8 Å². The van der Waals surface area contributed by atoms with Crippen LogP contribution in [0.15, 0.2) is 0 Å². The van der Waals surface area contributed by atoms with Gasteiger partial charge in [-0.2, -0.15) is 0 Å². The number of nitrogens with zero attached hydrogens (tertiary/aromatic N) is 1. The van der Waals surface area contributed by atoms with Crippen LogP contribution in [-0.4, -0.2) is 37.2 Å². The molecule has 14 heavy (non-hydrogen) atoms. The largest absolute Gasteiger partial charge is 0.381 e. The number of ether oxygens (including phenoxy) is 1. The molecule has 0 N–H and O–H groups in total. The quantitative estimate of drug-likeness (QED) is 0.670. The van der Waals surface area contributed by atoms with Crippen molar-refractivity contribution >= 4 is 0 Å². The van der Waals surface area contributed by atoms with Crippen LogP contribution in [0.5, 0.6) is 0 Å². The van der Waals surface area contributed by atoms with Crippen molar-refractivity contribution in [2.45, 2.75) is 38.6 Å². The Morgan fingerprint density at radius 2 is 1.86 bits per heavy atom. The van der Waals surface area contributed by atoms with E-state index in [0.717, 1.165) is 25.2 Å². The van der Waals surface area contributed by atoms with Gasteiger partial charge in [0.15, 0.2) is 0 Å². The third kappa shape index (κ3) is 2.48. The Labute approximate surface area is 87.6 Å². The summed E-state index contributed by atoms with van der Waals surface area (Å²) in [5.41, 5.74) is 0. The minimum Gasteiger partial charge on any atom is -0.381 e. The van der Waals surface area contributed by atoms with Crippen LogP contribution in [0.2, 0.25) is 0 Å². The molecule has 0 spiro atoms. The van der Waals surface area contributed by atoms with E-state index < -0.39 is 0 Å². The number of rotatable bonds is 2. The molecule has 2 aliphatic rings. The van der Waals surface area contributed by atoms with Gasteiger partial charge in [0.05, 0.1) is 0 Å². The van der Waals surface area contributed by atoms with Gasteiger partial charge in [-0.15, -0.1) is 0 Å². The highest BCUT2D eigenvalue weighted by Crippen LogP contribution is 2.24. The Morgan fingerprint density at radius 1 is 1.21 bits per heavy atom. The smallest absolute Gasteiger partial charge is 0.0469 e. The van der Waals surface area contributed by atoms with Crippen molar-refractivity contribution in [1.29, 1.82) is 0 Å². The molecule has 0 amide bonds. The lowest BCUT2D eigenvalue weighted by Gasteiger charge is -2.38. The van der Waals surface area contributed by atoms with E-state index >= 15 is 0 Å². The summed E-state index contributed by atoms with van der Waals surface area (Å²) in [4.78, 5) is 2.66. The summed E-state index contributed by atoms with van der Waals surface area (Å²) in [6, 6.07) is 0.771. The third-order valence-electron chi connectivity index (χ3n) is 3.77. The number of hydrogen-bond acceptors (Lipinski definition) is 2. The number of likely N-dealkylation sites (tertiary alicyclic amines) is 1. The van der Waals surface area contributed by atoms with Crippen LogP contribution in [0, 0.1) is 12.3 Å². The molecule has 1 atom stereocenters. The highest BCUT2D eigenvalue weighted by molar-refractivity contribution is 4.83. The number of piperidine rings is 1. The van der Waals surface area contributed by atoms with Gasteiger partial charge in [-0.3, -0.25) is 0 Å². The van der Waals surface area contributed by atoms with Gasteiger partial charge in [0.25, 0.3) is 0 Å². The summed E-state index contributed by atoms with van der Waals surface area (Å²) in [6.45, 7) is 6.92. The Morgan fingerprint density at radius 3 is 2.50 bits per heavy atom. The Hall–Kier alpha value is -0.0800. The standard InChI is InChI=1S/C12H22NO/c1-11(12-5-9-14-10-6-12)13-7-3-2-4-8-13/h2,11-12H,3-10H2,1H3. The molecular formula is C12H22NO. The third-order valence-corrected chi connectivity index (χ3v) is 3.77. The van der Waals surface area contributed by atoms with Gasteiger partial charge in [0.1, 0.15) is 0 Å². The average molecular weight is 196 g/mol. The van der Waals surface area contributed by atoms with Crippen molar-refractivity contribution in [2.24, 2.45) is 5.92 Å². The molecule has 0 aromatic carbocycles. The zero-order chi connectivity index (χ0) is 9.80. The van der Waals surface area contributed by atoms with Gasteiger partial charge < -0.3 is 9.64 Å². The zero-order valence-electron chi connectivity index (χ0n) is 9.24. The van der Waals surface area contributed by atoms with Crippen molar-refractivity contribution in [3.8, 4) is 0 Å². The predicted molar refractivity (Wildman–Crippen MR) is 58.1 cm³/mol. The van der Waals surface area contributed by atoms with Gasteiger partial charge >= 0.3 is 0 Å². The first-order chi connectivity index (χ1) is 6.88. The first-order valence-electron chi connectivity index (χ1n) is 6.01. The molecular weight excluding hydrogens is 174 g/mol. The molecule has 0 aromatic heterocycles. The molecule has 2 heterocycles. The first kappa shape index (κ1) is 10.4. The lowest BCUT2D eigenvalue weighted by Crippen LogP contribution is -2.43. The lowest BCUT2D eigenvalue weighted by molar-refractivity contribution is 0.0280. The van der Waals surface area contributed by atoms with E-state index in [4.69, 9.17) is 4.74 Å². The highest BCUT2D eigenvalue weighted by Gasteiger charge is 2.26. The van der Waals surface area contributed by atoms with Crippen molar-refractivity contribution < 1.29 is 4.74 Å². The normalized spacial score (nSPS) is 28.9. The fraction of sp³-hybridized carbons (Fsp3) is 0.917. The minimum atomic E-state index is 0.771. The zero-order valence-corrected chi connectivity index (χ0v) is 9.24. The maximum atomic E-state index is 5.41. The van der Waals surface area contributed by atoms with Gasteiger partial charge in [-0.1, -0.05) is 0 Å². The SMILES string of the molecule is CC(C1CCOCC1)N1CC[CH]CC1. The highest BCUT2D eigenvalue weighted by atomic mass is 16.5. The van der Waals surface area contributed by atoms with Crippen LogP contribution < -0.4 is 0 Å². The maximum absolute atomic E-state index is 5.41. The Kier molecular flexibility index (Phi) is 3.82. The van der Waals surface area contributed by atoms with E-state index in [-0.39, 0.29) is 0 Å². The molecule has 2 saturated heterocycles. The molecule has 2 fully saturated rings. The van der Waals surface area contributed by atoms with Crippen LogP contribution >= 0.6 is 0 Å². The number of hydrogen-bond donors (Lipinski definition) is 0. The van der Waals surface area contributed by atoms with Crippen molar-refractivity contribution in [2.75, 3.05) is 26.3 Å². The van der Waals surface area contributed by atoms with Crippen molar-refractivity contribution in [3.05, 3.63) is 6.42 Å². The Balaban J connectivity index is 1.82. The average Bonchev–Trinajstić information content (AvgIpc) is 2.30. The molecule has 0 aliphatic carbocycles. The summed E-state index contributed by atoms with van der Waals surface area (Å²) in [6.07, 6.45) is 7.52. The van der Waals surface area contributed by atoms with Crippen LogP contribution in [0.1, 0.15) is 32.6 Å². The monoisotopic (exact) mass is 196 g/mol. The molecule has 2 heteroatoms. The molecule has 1 radical (unpaired) electrons. The molecule has 0 aromatic rings. The summed E-state index contributed by atoms with van der Waals surface area (Å²) in [5, 5.41) is 0. The van der Waals surface area contributed by atoms with Gasteiger partial charge in [0.2, 0.25) is 0 Å². The van der Waals surface area contributed by atoms with E-state index in [2.05, 4.69) is 18.2 Å². The molecule has 0 saturated carbocycles. The van der Waals surface area contributed by atoms with E-state index in [1.807, 2.05) is 0 Å². The van der Waals surface area contributed by atoms with E-state index in [0.29, 0.717) is 0 Å². The second-order valence-corrected chi connectivity index (χ2v) is 4.59. The maximum Gasteiger partial charge on any atom is 0.0469 e. The molecule has 2 nitrogen and oxygen atoms in total. The second kappa shape index (κ2) is 5.13. The summed E-state index contributed by atoms with van der Waals surface area (Å²) in [5.74, 6) is 0.877. The summed E-state index contributed by atoms with van der Waals surface area (Å²) in [7, 11) is 0. The van der Waals surface area contributed by atoms with Gasteiger partial charge in [0, 0.05) is 19.3 Å². The summed E-state index contributed by atoms with van der Waals surface area (Å²) < 4.78 is 5.41. The van der Waals surface area contributed by atoms with Crippen LogP contribution in [0.25, 0.3) is 0 Å². The fourth-order valence-corrected chi connectivity index (χ4v) is 2.67. The minimum absolute atomic E-state index is 0.771. The van der Waals surface area contributed by atoms with Crippen LogP contribution in [0.4, 0.5) is 0 Å². The predicted octanol–water partition coefficient (Wildman–Crippen LogP) is 2.10. The summed E-state index contributed by atoms with van der Waals surface area (Å²) >= 11 is 0. The molecule has 1 unspecified atom stereocenters. The van der Waals surface area contributed by atoms with Crippen molar-refractivity contribution in [3.63, 3.8) is 0 Å². The lowest BCUT2D eigenvalue weighted by atomic mass is 9.91. The topological polar surface area (TPSA) is 12.5 Å². The first-order valence-corrected chi connectivity index (χ1v) is 6.01. The molecule has 2 aliphatic heterocycles.